The van der Waals surface area contributed by atoms with Crippen molar-refractivity contribution in [1.29, 1.82) is 0 Å². The van der Waals surface area contributed by atoms with Gasteiger partial charge >= 0.3 is 12.0 Å². The number of aliphatic carboxylic acids is 1. The molecule has 2 N–H and O–H groups in total. The number of nitrogens with one attached hydrogen (secondary N) is 1. The molecule has 0 saturated carbocycles. The summed E-state index contributed by atoms with van der Waals surface area (Å²) in [5, 5.41) is 11.9. The van der Waals surface area contributed by atoms with E-state index in [2.05, 4.69) is 10.3 Å². The van der Waals surface area contributed by atoms with Gasteiger partial charge in [-0.15, -0.1) is 0 Å². The van der Waals surface area contributed by atoms with Crippen LogP contribution in [0.2, 0.25) is 5.02 Å². The lowest BCUT2D eigenvalue weighted by atomic mass is 10.2. The zero-order chi connectivity index (χ0) is 16.9. The molecule has 1 aromatic heterocycles. The summed E-state index contributed by atoms with van der Waals surface area (Å²) in [5.74, 6) is -1.38. The number of halogens is 1. The first-order valence-electron chi connectivity index (χ1n) is 6.77. The average molecular weight is 330 g/mol. The number of carbonyl (C=O) groups is 2. The standard InChI is InChI=1S/C14H20ClN3O4/c1-8(2)22-12-11(5-10(15)6-16-12)17-14(21)18(4)7-9(3)13(19)20/h5-6,8-9H,7H2,1-4H3,(H,17,21)(H,19,20). The van der Waals surface area contributed by atoms with Crippen LogP contribution in [0, 0.1) is 5.92 Å². The number of urea groups is 1. The van der Waals surface area contributed by atoms with Gasteiger partial charge in [0.1, 0.15) is 5.69 Å². The van der Waals surface area contributed by atoms with Gasteiger partial charge in [-0.1, -0.05) is 18.5 Å². The van der Waals surface area contributed by atoms with Gasteiger partial charge in [-0.3, -0.25) is 4.79 Å². The highest BCUT2D eigenvalue weighted by Gasteiger charge is 2.19. The molecule has 0 bridgehead atoms. The van der Waals surface area contributed by atoms with Crippen LogP contribution < -0.4 is 10.1 Å². The highest BCUT2D eigenvalue weighted by atomic mass is 35.5. The second-order valence-electron chi connectivity index (χ2n) is 5.22. The molecule has 0 saturated heterocycles. The Bertz CT molecular complexity index is 551. The summed E-state index contributed by atoms with van der Waals surface area (Å²) in [6.45, 7) is 5.28. The molecule has 0 aromatic carbocycles. The number of carboxylic acid groups (broad SMARTS) is 1. The summed E-state index contributed by atoms with van der Waals surface area (Å²) in [7, 11) is 1.51. The number of pyridine rings is 1. The summed E-state index contributed by atoms with van der Waals surface area (Å²) in [6, 6.07) is 1.06. The number of carbonyl (C=O) groups excluding carboxylic acids is 1. The maximum Gasteiger partial charge on any atom is 0.321 e. The fourth-order valence-electron chi connectivity index (χ4n) is 1.62. The minimum Gasteiger partial charge on any atom is -0.481 e. The first-order valence-corrected chi connectivity index (χ1v) is 7.15. The third-order valence-electron chi connectivity index (χ3n) is 2.72. The van der Waals surface area contributed by atoms with Crippen molar-refractivity contribution in [2.24, 2.45) is 5.92 Å². The Balaban J connectivity index is 2.82. The number of nitrogens with zero attached hydrogens (tertiary/aromatic N) is 2. The van der Waals surface area contributed by atoms with Gasteiger partial charge in [-0.25, -0.2) is 9.78 Å². The Morgan fingerprint density at radius 2 is 2.09 bits per heavy atom. The smallest absolute Gasteiger partial charge is 0.321 e. The minimum atomic E-state index is -0.965. The van der Waals surface area contributed by atoms with Crippen LogP contribution in [0.4, 0.5) is 10.5 Å². The molecule has 0 fully saturated rings. The van der Waals surface area contributed by atoms with Crippen molar-refractivity contribution in [2.45, 2.75) is 26.9 Å². The zero-order valence-corrected chi connectivity index (χ0v) is 13.7. The van der Waals surface area contributed by atoms with E-state index in [0.29, 0.717) is 10.7 Å². The number of rotatable bonds is 6. The number of ether oxygens (including phenoxy) is 1. The zero-order valence-electron chi connectivity index (χ0n) is 13.0. The van der Waals surface area contributed by atoms with E-state index in [4.69, 9.17) is 21.4 Å². The van der Waals surface area contributed by atoms with Crippen molar-refractivity contribution in [2.75, 3.05) is 18.9 Å². The first-order chi connectivity index (χ1) is 10.2. The number of hydrogen-bond donors (Lipinski definition) is 2. The molecule has 0 aliphatic heterocycles. The normalized spacial score (nSPS) is 11.9. The minimum absolute atomic E-state index is 0.0789. The molecule has 0 aliphatic rings. The lowest BCUT2D eigenvalue weighted by Crippen LogP contribution is -2.36. The van der Waals surface area contributed by atoms with Gasteiger partial charge in [0.15, 0.2) is 0 Å². The summed E-state index contributed by atoms with van der Waals surface area (Å²) in [5.41, 5.74) is 0.334. The highest BCUT2D eigenvalue weighted by Crippen LogP contribution is 2.26. The topological polar surface area (TPSA) is 91.8 Å². The van der Waals surface area contributed by atoms with Gasteiger partial charge in [0.2, 0.25) is 5.88 Å². The molecule has 1 rings (SSSR count). The third-order valence-corrected chi connectivity index (χ3v) is 2.93. The van der Waals surface area contributed by atoms with Gasteiger partial charge in [0.05, 0.1) is 17.0 Å². The van der Waals surface area contributed by atoms with Crippen LogP contribution in [0.1, 0.15) is 20.8 Å². The van der Waals surface area contributed by atoms with Crippen LogP contribution in [0.5, 0.6) is 5.88 Å². The summed E-state index contributed by atoms with van der Waals surface area (Å²) >= 11 is 5.88. The van der Waals surface area contributed by atoms with E-state index in [9.17, 15) is 9.59 Å². The Morgan fingerprint density at radius 1 is 1.45 bits per heavy atom. The Hall–Kier alpha value is -2.02. The Labute approximate surface area is 134 Å². The van der Waals surface area contributed by atoms with E-state index < -0.39 is 17.9 Å². The fraction of sp³-hybridized carbons (Fsp3) is 0.500. The van der Waals surface area contributed by atoms with Crippen LogP contribution >= 0.6 is 11.6 Å². The maximum atomic E-state index is 12.1. The van der Waals surface area contributed by atoms with E-state index >= 15 is 0 Å². The number of amides is 2. The summed E-state index contributed by atoms with van der Waals surface area (Å²) in [4.78, 5) is 28.3. The first kappa shape index (κ1) is 18.0. The van der Waals surface area contributed by atoms with Crippen molar-refractivity contribution in [1.82, 2.24) is 9.88 Å². The van der Waals surface area contributed by atoms with E-state index in [1.807, 2.05) is 13.8 Å². The fourth-order valence-corrected chi connectivity index (χ4v) is 1.77. The van der Waals surface area contributed by atoms with Crippen LogP contribution in [-0.4, -0.2) is 46.7 Å². The van der Waals surface area contributed by atoms with Crippen LogP contribution in [0.15, 0.2) is 12.3 Å². The number of carboxylic acids is 1. The molecule has 1 atom stereocenters. The summed E-state index contributed by atoms with van der Waals surface area (Å²) < 4.78 is 5.50. The molecular formula is C14H20ClN3O4. The third kappa shape index (κ3) is 5.40. The van der Waals surface area contributed by atoms with Gasteiger partial charge < -0.3 is 20.1 Å². The van der Waals surface area contributed by atoms with E-state index in [-0.39, 0.29) is 18.5 Å². The molecule has 22 heavy (non-hydrogen) atoms. The molecule has 1 aromatic rings. The number of anilines is 1. The SMILES string of the molecule is CC(C)Oc1ncc(Cl)cc1NC(=O)N(C)CC(C)C(=O)O. The number of hydrogen-bond acceptors (Lipinski definition) is 4. The van der Waals surface area contributed by atoms with E-state index in [0.717, 1.165) is 0 Å². The largest absolute Gasteiger partial charge is 0.481 e. The molecule has 0 spiro atoms. The quantitative estimate of drug-likeness (QED) is 0.837. The average Bonchev–Trinajstić information content (AvgIpc) is 2.41. The molecule has 0 aliphatic carbocycles. The predicted octanol–water partition coefficient (Wildman–Crippen LogP) is 2.71. The summed E-state index contributed by atoms with van der Waals surface area (Å²) in [6.07, 6.45) is 1.31. The highest BCUT2D eigenvalue weighted by molar-refractivity contribution is 6.30. The van der Waals surface area contributed by atoms with Crippen LogP contribution in [-0.2, 0) is 4.79 Å². The van der Waals surface area contributed by atoms with Crippen LogP contribution in [0.3, 0.4) is 0 Å². The molecule has 7 nitrogen and oxygen atoms in total. The van der Waals surface area contributed by atoms with Gasteiger partial charge in [0.25, 0.3) is 0 Å². The van der Waals surface area contributed by atoms with E-state index in [1.165, 1.54) is 31.1 Å². The molecule has 8 heteroatoms. The van der Waals surface area contributed by atoms with Crippen molar-refractivity contribution in [3.63, 3.8) is 0 Å². The van der Waals surface area contributed by atoms with Crippen LogP contribution in [0.25, 0.3) is 0 Å². The van der Waals surface area contributed by atoms with Crippen molar-refractivity contribution in [3.8, 4) is 5.88 Å². The van der Waals surface area contributed by atoms with Gasteiger partial charge in [-0.2, -0.15) is 0 Å². The van der Waals surface area contributed by atoms with Crippen molar-refractivity contribution in [3.05, 3.63) is 17.3 Å². The van der Waals surface area contributed by atoms with Crippen molar-refractivity contribution < 1.29 is 19.4 Å². The molecule has 122 valence electrons. The predicted molar refractivity (Wildman–Crippen MR) is 83.5 cm³/mol. The Kier molecular flexibility index (Phi) is 6.42. The second-order valence-corrected chi connectivity index (χ2v) is 5.66. The molecule has 1 heterocycles. The monoisotopic (exact) mass is 329 g/mol. The van der Waals surface area contributed by atoms with Gasteiger partial charge in [0, 0.05) is 19.8 Å². The Morgan fingerprint density at radius 3 is 2.64 bits per heavy atom. The molecule has 2 amide bonds. The lowest BCUT2D eigenvalue weighted by molar-refractivity contribution is -0.141. The molecular weight excluding hydrogens is 310 g/mol. The second kappa shape index (κ2) is 7.84. The van der Waals surface area contributed by atoms with E-state index in [1.54, 1.807) is 0 Å². The lowest BCUT2D eigenvalue weighted by Gasteiger charge is -2.21. The molecule has 0 radical (unpaired) electrons. The molecule has 1 unspecified atom stereocenters. The maximum absolute atomic E-state index is 12.1. The van der Waals surface area contributed by atoms with Gasteiger partial charge in [-0.05, 0) is 19.9 Å². The number of aromatic nitrogens is 1. The van der Waals surface area contributed by atoms with Crippen molar-refractivity contribution >= 4 is 29.3 Å².